The highest BCUT2D eigenvalue weighted by Gasteiger charge is 2.30. The summed E-state index contributed by atoms with van der Waals surface area (Å²) in [5, 5.41) is 2.75. The van der Waals surface area contributed by atoms with Crippen molar-refractivity contribution in [2.24, 2.45) is 0 Å². The van der Waals surface area contributed by atoms with E-state index in [1.165, 1.54) is 17.0 Å². The standard InChI is InChI=1S/C19H20FN3O3/c1-26-17-8-6-16(7-9-17)23-11-10-22(19(23)25)13-18(24)21-12-14-2-4-15(20)5-3-14/h2-9H,10-13H2,1H3,(H,21,24). The van der Waals surface area contributed by atoms with E-state index in [9.17, 15) is 14.0 Å². The van der Waals surface area contributed by atoms with Gasteiger partial charge in [0.05, 0.1) is 7.11 Å². The van der Waals surface area contributed by atoms with Crippen LogP contribution < -0.4 is 15.0 Å². The summed E-state index contributed by atoms with van der Waals surface area (Å²) < 4.78 is 18.0. The molecule has 0 atom stereocenters. The second kappa shape index (κ2) is 7.86. The lowest BCUT2D eigenvalue weighted by Crippen LogP contribution is -2.39. The minimum absolute atomic E-state index is 0.00726. The van der Waals surface area contributed by atoms with Gasteiger partial charge in [0.15, 0.2) is 0 Å². The zero-order valence-corrected chi connectivity index (χ0v) is 14.4. The number of carbonyl (C=O) groups is 2. The molecule has 26 heavy (non-hydrogen) atoms. The molecule has 0 radical (unpaired) electrons. The highest BCUT2D eigenvalue weighted by molar-refractivity contribution is 5.96. The molecular weight excluding hydrogens is 337 g/mol. The summed E-state index contributed by atoms with van der Waals surface area (Å²) in [6.45, 7) is 1.29. The number of carbonyl (C=O) groups excluding carboxylic acids is 2. The number of nitrogens with one attached hydrogen (secondary N) is 1. The van der Waals surface area contributed by atoms with Crippen LogP contribution in [0.5, 0.6) is 5.75 Å². The second-order valence-corrected chi connectivity index (χ2v) is 5.96. The lowest BCUT2D eigenvalue weighted by Gasteiger charge is -2.18. The lowest BCUT2D eigenvalue weighted by atomic mass is 10.2. The van der Waals surface area contributed by atoms with Crippen molar-refractivity contribution in [2.45, 2.75) is 6.54 Å². The average Bonchev–Trinajstić information content (AvgIpc) is 3.02. The summed E-state index contributed by atoms with van der Waals surface area (Å²) in [5.74, 6) is 0.151. The maximum atomic E-state index is 12.9. The summed E-state index contributed by atoms with van der Waals surface area (Å²) >= 11 is 0. The van der Waals surface area contributed by atoms with E-state index >= 15 is 0 Å². The molecule has 0 spiro atoms. The molecule has 2 aromatic carbocycles. The normalized spacial score (nSPS) is 13.8. The summed E-state index contributed by atoms with van der Waals surface area (Å²) in [5.41, 5.74) is 1.57. The first kappa shape index (κ1) is 17.7. The van der Waals surface area contributed by atoms with Gasteiger partial charge in [0.25, 0.3) is 0 Å². The van der Waals surface area contributed by atoms with E-state index < -0.39 is 0 Å². The van der Waals surface area contributed by atoms with Crippen LogP contribution in [-0.2, 0) is 11.3 Å². The number of hydrogen-bond acceptors (Lipinski definition) is 3. The van der Waals surface area contributed by atoms with Gasteiger partial charge in [-0.15, -0.1) is 0 Å². The van der Waals surface area contributed by atoms with Crippen LogP contribution in [0.2, 0.25) is 0 Å². The van der Waals surface area contributed by atoms with Crippen LogP contribution in [0.15, 0.2) is 48.5 Å². The maximum absolute atomic E-state index is 12.9. The number of benzene rings is 2. The predicted octanol–water partition coefficient (Wildman–Crippen LogP) is 2.39. The Kier molecular flexibility index (Phi) is 5.36. The third-order valence-electron chi connectivity index (χ3n) is 4.22. The number of hydrogen-bond donors (Lipinski definition) is 1. The van der Waals surface area contributed by atoms with Crippen molar-refractivity contribution in [3.63, 3.8) is 0 Å². The molecular formula is C19H20FN3O3. The van der Waals surface area contributed by atoms with E-state index in [0.717, 1.165) is 17.0 Å². The average molecular weight is 357 g/mol. The van der Waals surface area contributed by atoms with Gasteiger partial charge in [0.2, 0.25) is 5.91 Å². The number of anilines is 1. The van der Waals surface area contributed by atoms with E-state index in [4.69, 9.17) is 4.74 Å². The fraction of sp³-hybridized carbons (Fsp3) is 0.263. The van der Waals surface area contributed by atoms with Crippen LogP contribution in [0.25, 0.3) is 0 Å². The molecule has 0 bridgehead atoms. The molecule has 0 unspecified atom stereocenters. The fourth-order valence-corrected chi connectivity index (χ4v) is 2.76. The summed E-state index contributed by atoms with van der Waals surface area (Å²) in [7, 11) is 1.59. The molecule has 0 aliphatic carbocycles. The van der Waals surface area contributed by atoms with Crippen LogP contribution in [0, 0.1) is 5.82 Å². The number of rotatable bonds is 6. The third-order valence-corrected chi connectivity index (χ3v) is 4.22. The number of ether oxygens (including phenoxy) is 1. The molecule has 1 aliphatic rings. The minimum Gasteiger partial charge on any atom is -0.497 e. The molecule has 1 heterocycles. The first-order valence-electron chi connectivity index (χ1n) is 8.28. The molecule has 1 fully saturated rings. The molecule has 0 aromatic heterocycles. The molecule has 3 rings (SSSR count). The smallest absolute Gasteiger partial charge is 0.325 e. The van der Waals surface area contributed by atoms with Crippen LogP contribution in [0.3, 0.4) is 0 Å². The van der Waals surface area contributed by atoms with Gasteiger partial charge in [-0.2, -0.15) is 0 Å². The second-order valence-electron chi connectivity index (χ2n) is 5.96. The topological polar surface area (TPSA) is 61.9 Å². The summed E-state index contributed by atoms with van der Waals surface area (Å²) in [4.78, 5) is 27.7. The molecule has 6 nitrogen and oxygen atoms in total. The number of urea groups is 1. The SMILES string of the molecule is COc1ccc(N2CCN(CC(=O)NCc3ccc(F)cc3)C2=O)cc1. The van der Waals surface area contributed by atoms with Crippen molar-refractivity contribution in [1.29, 1.82) is 0 Å². The van der Waals surface area contributed by atoms with Crippen molar-refractivity contribution in [3.8, 4) is 5.75 Å². The molecule has 3 amide bonds. The Morgan fingerprint density at radius 3 is 2.46 bits per heavy atom. The monoisotopic (exact) mass is 357 g/mol. The highest BCUT2D eigenvalue weighted by atomic mass is 19.1. The zero-order chi connectivity index (χ0) is 18.5. The highest BCUT2D eigenvalue weighted by Crippen LogP contribution is 2.23. The number of nitrogens with zero attached hydrogens (tertiary/aromatic N) is 2. The molecule has 136 valence electrons. The third kappa shape index (κ3) is 4.11. The molecule has 1 N–H and O–H groups in total. The van der Waals surface area contributed by atoms with Gasteiger partial charge in [0.1, 0.15) is 18.1 Å². The first-order valence-corrected chi connectivity index (χ1v) is 8.28. The zero-order valence-electron chi connectivity index (χ0n) is 14.4. The maximum Gasteiger partial charge on any atom is 0.325 e. The van der Waals surface area contributed by atoms with E-state index in [-0.39, 0.29) is 24.3 Å². The summed E-state index contributed by atoms with van der Waals surface area (Å²) in [6, 6.07) is 12.9. The predicted molar refractivity (Wildman–Crippen MR) is 95.6 cm³/mol. The van der Waals surface area contributed by atoms with Crippen molar-refractivity contribution in [1.82, 2.24) is 10.2 Å². The van der Waals surface area contributed by atoms with Gasteiger partial charge in [0, 0.05) is 25.3 Å². The van der Waals surface area contributed by atoms with Crippen LogP contribution in [-0.4, -0.2) is 43.6 Å². The molecule has 0 saturated carbocycles. The van der Waals surface area contributed by atoms with E-state index in [1.54, 1.807) is 36.3 Å². The Labute approximate surface area is 151 Å². The first-order chi connectivity index (χ1) is 12.6. The van der Waals surface area contributed by atoms with Gasteiger partial charge in [-0.25, -0.2) is 9.18 Å². The summed E-state index contributed by atoms with van der Waals surface area (Å²) in [6.07, 6.45) is 0. The Morgan fingerprint density at radius 2 is 1.81 bits per heavy atom. The van der Waals surface area contributed by atoms with Crippen molar-refractivity contribution in [3.05, 3.63) is 59.9 Å². The minimum atomic E-state index is -0.318. The number of methoxy groups -OCH3 is 1. The number of halogens is 1. The van der Waals surface area contributed by atoms with Gasteiger partial charge in [-0.3, -0.25) is 9.69 Å². The molecule has 1 saturated heterocycles. The number of amides is 3. The Hall–Kier alpha value is -3.09. The van der Waals surface area contributed by atoms with E-state index in [2.05, 4.69) is 5.32 Å². The Morgan fingerprint density at radius 1 is 1.12 bits per heavy atom. The van der Waals surface area contributed by atoms with Crippen molar-refractivity contribution < 1.29 is 18.7 Å². The van der Waals surface area contributed by atoms with Gasteiger partial charge in [-0.05, 0) is 42.0 Å². The lowest BCUT2D eigenvalue weighted by molar-refractivity contribution is -0.121. The molecule has 2 aromatic rings. The quantitative estimate of drug-likeness (QED) is 0.864. The van der Waals surface area contributed by atoms with Gasteiger partial charge in [-0.1, -0.05) is 12.1 Å². The van der Waals surface area contributed by atoms with Crippen LogP contribution >= 0.6 is 0 Å². The molecule has 7 heteroatoms. The van der Waals surface area contributed by atoms with Crippen LogP contribution in [0.4, 0.5) is 14.9 Å². The van der Waals surface area contributed by atoms with Gasteiger partial charge >= 0.3 is 6.03 Å². The van der Waals surface area contributed by atoms with E-state index in [1.807, 2.05) is 12.1 Å². The largest absolute Gasteiger partial charge is 0.497 e. The van der Waals surface area contributed by atoms with Crippen LogP contribution in [0.1, 0.15) is 5.56 Å². The fourth-order valence-electron chi connectivity index (χ4n) is 2.76. The van der Waals surface area contributed by atoms with E-state index in [0.29, 0.717) is 19.6 Å². The van der Waals surface area contributed by atoms with Gasteiger partial charge < -0.3 is 15.0 Å². The molecule has 1 aliphatic heterocycles. The Bertz CT molecular complexity index is 778. The van der Waals surface area contributed by atoms with Crippen molar-refractivity contribution >= 4 is 17.6 Å². The Balaban J connectivity index is 1.52. The van der Waals surface area contributed by atoms with Crippen molar-refractivity contribution in [2.75, 3.05) is 31.6 Å².